The second kappa shape index (κ2) is 7.04. The maximum Gasteiger partial charge on any atom is 0.251 e. The number of hydrogen-bond donors (Lipinski definition) is 3. The maximum atomic E-state index is 12.1. The van der Waals surface area contributed by atoms with Crippen LogP contribution in [0, 0.1) is 5.92 Å². The summed E-state index contributed by atoms with van der Waals surface area (Å²) in [6.07, 6.45) is 4.11. The molecule has 5 heteroatoms. The Morgan fingerprint density at radius 1 is 1.29 bits per heavy atom. The Bertz CT molecular complexity index is 525. The van der Waals surface area contributed by atoms with Crippen molar-refractivity contribution in [2.45, 2.75) is 25.3 Å². The van der Waals surface area contributed by atoms with Crippen LogP contribution < -0.4 is 16.4 Å². The highest BCUT2D eigenvalue weighted by Crippen LogP contribution is 2.25. The summed E-state index contributed by atoms with van der Waals surface area (Å²) >= 11 is 0. The van der Waals surface area contributed by atoms with E-state index >= 15 is 0 Å². The zero-order valence-electron chi connectivity index (χ0n) is 12.0. The van der Waals surface area contributed by atoms with Crippen LogP contribution in [-0.4, -0.2) is 24.4 Å². The fourth-order valence-corrected chi connectivity index (χ4v) is 2.47. The molecule has 1 aliphatic carbocycles. The highest BCUT2D eigenvalue weighted by Gasteiger charge is 2.27. The summed E-state index contributed by atoms with van der Waals surface area (Å²) in [7, 11) is 0. The van der Waals surface area contributed by atoms with E-state index < -0.39 is 0 Å². The first-order valence-corrected chi connectivity index (χ1v) is 7.15. The van der Waals surface area contributed by atoms with Gasteiger partial charge in [0.2, 0.25) is 5.91 Å². The Balaban J connectivity index is 1.91. The molecule has 0 saturated heterocycles. The van der Waals surface area contributed by atoms with Crippen LogP contribution in [0.25, 0.3) is 0 Å². The van der Waals surface area contributed by atoms with E-state index in [9.17, 15) is 9.59 Å². The predicted molar refractivity (Wildman–Crippen MR) is 82.9 cm³/mol. The van der Waals surface area contributed by atoms with Gasteiger partial charge < -0.3 is 16.4 Å². The number of rotatable bonds is 5. The molecule has 2 amide bonds. The second-order valence-corrected chi connectivity index (χ2v) is 5.34. The number of nitrogens with one attached hydrogen (secondary N) is 2. The van der Waals surface area contributed by atoms with Crippen LogP contribution in [0.3, 0.4) is 0 Å². The Morgan fingerprint density at radius 3 is 2.57 bits per heavy atom. The molecular formula is C16H21N3O2. The fraction of sp³-hybridized carbons (Fsp3) is 0.375. The fourth-order valence-electron chi connectivity index (χ4n) is 2.47. The van der Waals surface area contributed by atoms with E-state index in [1.807, 2.05) is 0 Å². The smallest absolute Gasteiger partial charge is 0.251 e. The third-order valence-electron chi connectivity index (χ3n) is 3.67. The van der Waals surface area contributed by atoms with Crippen molar-refractivity contribution in [2.75, 3.05) is 11.9 Å². The maximum absolute atomic E-state index is 12.1. The summed E-state index contributed by atoms with van der Waals surface area (Å²) in [5.41, 5.74) is 7.07. The van der Waals surface area contributed by atoms with Gasteiger partial charge in [0.25, 0.3) is 5.91 Å². The Morgan fingerprint density at radius 2 is 2.00 bits per heavy atom. The average molecular weight is 287 g/mol. The van der Waals surface area contributed by atoms with Gasteiger partial charge in [-0.2, -0.15) is 0 Å². The quantitative estimate of drug-likeness (QED) is 0.720. The molecule has 2 atom stereocenters. The van der Waals surface area contributed by atoms with Gasteiger partial charge in [-0.15, -0.1) is 6.58 Å². The van der Waals surface area contributed by atoms with E-state index in [-0.39, 0.29) is 23.8 Å². The Labute approximate surface area is 124 Å². The van der Waals surface area contributed by atoms with E-state index in [4.69, 9.17) is 5.73 Å². The number of carbonyl (C=O) groups excluding carboxylic acids is 2. The minimum atomic E-state index is -0.158. The average Bonchev–Trinajstić information content (AvgIpc) is 2.92. The van der Waals surface area contributed by atoms with Crippen LogP contribution in [0.4, 0.5) is 5.69 Å². The van der Waals surface area contributed by atoms with Gasteiger partial charge in [-0.3, -0.25) is 9.59 Å². The minimum Gasteiger partial charge on any atom is -0.349 e. The standard InChI is InChI=1S/C16H21N3O2/c1-2-9-18-15(20)11-4-7-14(8-5-11)19-16(21)12-3-6-13(17)10-12/h2,4-5,7-8,12-13H,1,3,6,9-10,17H2,(H,18,20)(H,19,21). The topological polar surface area (TPSA) is 84.2 Å². The molecule has 21 heavy (non-hydrogen) atoms. The summed E-state index contributed by atoms with van der Waals surface area (Å²) in [5.74, 6) is -0.156. The summed E-state index contributed by atoms with van der Waals surface area (Å²) in [6.45, 7) is 3.97. The van der Waals surface area contributed by atoms with Gasteiger partial charge in [-0.25, -0.2) is 0 Å². The first-order chi connectivity index (χ1) is 10.1. The second-order valence-electron chi connectivity index (χ2n) is 5.34. The third kappa shape index (κ3) is 4.16. The lowest BCUT2D eigenvalue weighted by atomic mass is 10.1. The van der Waals surface area contributed by atoms with E-state index in [0.717, 1.165) is 19.3 Å². The first-order valence-electron chi connectivity index (χ1n) is 7.15. The molecule has 0 spiro atoms. The van der Waals surface area contributed by atoms with Gasteiger partial charge in [-0.1, -0.05) is 6.08 Å². The molecule has 0 bridgehead atoms. The van der Waals surface area contributed by atoms with Crippen molar-refractivity contribution in [3.8, 4) is 0 Å². The lowest BCUT2D eigenvalue weighted by Gasteiger charge is -2.11. The Kier molecular flexibility index (Phi) is 5.11. The van der Waals surface area contributed by atoms with Crippen molar-refractivity contribution in [2.24, 2.45) is 11.7 Å². The summed E-state index contributed by atoms with van der Waals surface area (Å²) in [4.78, 5) is 23.8. The lowest BCUT2D eigenvalue weighted by Crippen LogP contribution is -2.24. The molecule has 0 aromatic heterocycles. The van der Waals surface area contributed by atoms with Gasteiger partial charge in [-0.05, 0) is 43.5 Å². The molecule has 1 fully saturated rings. The first kappa shape index (κ1) is 15.3. The molecule has 1 saturated carbocycles. The van der Waals surface area contributed by atoms with Crippen LogP contribution in [0.1, 0.15) is 29.6 Å². The molecule has 5 nitrogen and oxygen atoms in total. The molecule has 1 aromatic carbocycles. The van der Waals surface area contributed by atoms with E-state index in [1.54, 1.807) is 30.3 Å². The van der Waals surface area contributed by atoms with Crippen LogP contribution in [0.15, 0.2) is 36.9 Å². The van der Waals surface area contributed by atoms with Gasteiger partial charge in [0.05, 0.1) is 0 Å². The summed E-state index contributed by atoms with van der Waals surface area (Å²) < 4.78 is 0. The number of carbonyl (C=O) groups is 2. The summed E-state index contributed by atoms with van der Waals surface area (Å²) in [6, 6.07) is 6.98. The van der Waals surface area contributed by atoms with Gasteiger partial charge in [0, 0.05) is 29.8 Å². The van der Waals surface area contributed by atoms with Crippen molar-refractivity contribution < 1.29 is 9.59 Å². The number of amides is 2. The number of anilines is 1. The molecule has 0 radical (unpaired) electrons. The van der Waals surface area contributed by atoms with Crippen LogP contribution in [0.5, 0.6) is 0 Å². The van der Waals surface area contributed by atoms with E-state index in [1.165, 1.54) is 0 Å². The molecule has 2 rings (SSSR count). The molecular weight excluding hydrogens is 266 g/mol. The Hall–Kier alpha value is -2.14. The van der Waals surface area contributed by atoms with Crippen LogP contribution in [-0.2, 0) is 4.79 Å². The number of benzene rings is 1. The van der Waals surface area contributed by atoms with Crippen molar-refractivity contribution in [1.29, 1.82) is 0 Å². The zero-order chi connectivity index (χ0) is 15.2. The lowest BCUT2D eigenvalue weighted by molar-refractivity contribution is -0.119. The third-order valence-corrected chi connectivity index (χ3v) is 3.67. The van der Waals surface area contributed by atoms with Gasteiger partial charge >= 0.3 is 0 Å². The zero-order valence-corrected chi connectivity index (χ0v) is 12.0. The highest BCUT2D eigenvalue weighted by molar-refractivity contribution is 5.96. The largest absolute Gasteiger partial charge is 0.349 e. The van der Waals surface area contributed by atoms with E-state index in [2.05, 4.69) is 17.2 Å². The number of nitrogens with two attached hydrogens (primary N) is 1. The predicted octanol–water partition coefficient (Wildman–Crippen LogP) is 1.67. The molecule has 0 aliphatic heterocycles. The van der Waals surface area contributed by atoms with Crippen molar-refractivity contribution in [3.63, 3.8) is 0 Å². The SMILES string of the molecule is C=CCNC(=O)c1ccc(NC(=O)C2CCC(N)C2)cc1. The van der Waals surface area contributed by atoms with Gasteiger partial charge in [0.1, 0.15) is 0 Å². The minimum absolute atomic E-state index is 0.00411. The van der Waals surface area contributed by atoms with Gasteiger partial charge in [0.15, 0.2) is 0 Å². The molecule has 112 valence electrons. The van der Waals surface area contributed by atoms with Crippen molar-refractivity contribution in [1.82, 2.24) is 5.32 Å². The molecule has 1 aliphatic rings. The van der Waals surface area contributed by atoms with E-state index in [0.29, 0.717) is 17.8 Å². The van der Waals surface area contributed by atoms with Crippen molar-refractivity contribution in [3.05, 3.63) is 42.5 Å². The molecule has 1 aromatic rings. The highest BCUT2D eigenvalue weighted by atomic mass is 16.2. The van der Waals surface area contributed by atoms with Crippen molar-refractivity contribution >= 4 is 17.5 Å². The van der Waals surface area contributed by atoms with Crippen LogP contribution in [0.2, 0.25) is 0 Å². The van der Waals surface area contributed by atoms with Crippen LogP contribution >= 0.6 is 0 Å². The monoisotopic (exact) mass is 287 g/mol. The molecule has 2 unspecified atom stereocenters. The molecule has 0 heterocycles. The summed E-state index contributed by atoms with van der Waals surface area (Å²) in [5, 5.41) is 5.57. The normalized spacial score (nSPS) is 20.8. The number of hydrogen-bond acceptors (Lipinski definition) is 3. The molecule has 4 N–H and O–H groups in total.